The largest absolute Gasteiger partial charge is 0.393 e. The van der Waals surface area contributed by atoms with Crippen LogP contribution in [0.15, 0.2) is 18.2 Å². The molecule has 0 radical (unpaired) electrons. The Bertz CT molecular complexity index is 358. The summed E-state index contributed by atoms with van der Waals surface area (Å²) in [6.45, 7) is 6.48. The van der Waals surface area contributed by atoms with Crippen LogP contribution in [0.5, 0.6) is 0 Å². The molecule has 0 spiro atoms. The fourth-order valence-corrected chi connectivity index (χ4v) is 2.03. The summed E-state index contributed by atoms with van der Waals surface area (Å²) in [5, 5.41) is 0. The Morgan fingerprint density at radius 3 is 2.53 bits per heavy atom. The Kier molecular flexibility index (Phi) is 4.28. The summed E-state index contributed by atoms with van der Waals surface area (Å²) in [7, 11) is 0. The molecular formula is C13H19NS. The van der Waals surface area contributed by atoms with Gasteiger partial charge in [-0.2, -0.15) is 0 Å². The van der Waals surface area contributed by atoms with Crippen molar-refractivity contribution in [3.8, 4) is 0 Å². The first-order valence-electron chi connectivity index (χ1n) is 5.33. The Hall–Kier alpha value is -0.890. The number of aryl methyl sites for hydroxylation is 2. The van der Waals surface area contributed by atoms with E-state index in [2.05, 4.69) is 39.0 Å². The van der Waals surface area contributed by atoms with Gasteiger partial charge >= 0.3 is 0 Å². The maximum absolute atomic E-state index is 5.53. The quantitative estimate of drug-likeness (QED) is 0.790. The maximum atomic E-state index is 5.53. The Morgan fingerprint density at radius 2 is 2.00 bits per heavy atom. The van der Waals surface area contributed by atoms with Crippen LogP contribution in [0.4, 0.5) is 0 Å². The lowest BCUT2D eigenvalue weighted by molar-refractivity contribution is 0.607. The van der Waals surface area contributed by atoms with Crippen LogP contribution in [0.3, 0.4) is 0 Å². The molecule has 1 atom stereocenters. The second-order valence-electron chi connectivity index (χ2n) is 4.40. The average Bonchev–Trinajstić information content (AvgIpc) is 2.10. The van der Waals surface area contributed by atoms with Gasteiger partial charge in [0.05, 0.1) is 4.99 Å². The molecule has 82 valence electrons. The Labute approximate surface area is 97.7 Å². The summed E-state index contributed by atoms with van der Waals surface area (Å²) in [4.78, 5) is 0.617. The van der Waals surface area contributed by atoms with E-state index >= 15 is 0 Å². The molecule has 0 fully saturated rings. The van der Waals surface area contributed by atoms with E-state index in [0.717, 1.165) is 12.8 Å². The monoisotopic (exact) mass is 221 g/mol. The number of benzene rings is 1. The zero-order chi connectivity index (χ0) is 11.4. The first kappa shape index (κ1) is 12.2. The maximum Gasteiger partial charge on any atom is 0.0730 e. The van der Waals surface area contributed by atoms with Crippen LogP contribution in [0.25, 0.3) is 0 Å². The normalized spacial score (nSPS) is 12.5. The SMILES string of the molecule is Cc1ccc(CC(C)CC(N)=S)cc1C. The van der Waals surface area contributed by atoms with Gasteiger partial charge in [0.1, 0.15) is 0 Å². The molecule has 0 aliphatic rings. The molecular weight excluding hydrogens is 202 g/mol. The van der Waals surface area contributed by atoms with Crippen molar-refractivity contribution < 1.29 is 0 Å². The summed E-state index contributed by atoms with van der Waals surface area (Å²) < 4.78 is 0. The van der Waals surface area contributed by atoms with Crippen molar-refractivity contribution in [3.63, 3.8) is 0 Å². The molecule has 0 aromatic heterocycles. The van der Waals surface area contributed by atoms with E-state index in [1.165, 1.54) is 16.7 Å². The van der Waals surface area contributed by atoms with Crippen molar-refractivity contribution in [2.24, 2.45) is 11.7 Å². The molecule has 0 saturated carbocycles. The minimum Gasteiger partial charge on any atom is -0.393 e. The van der Waals surface area contributed by atoms with E-state index < -0.39 is 0 Å². The van der Waals surface area contributed by atoms with Gasteiger partial charge < -0.3 is 5.73 Å². The fourth-order valence-electron chi connectivity index (χ4n) is 1.75. The van der Waals surface area contributed by atoms with Crippen LogP contribution in [0.2, 0.25) is 0 Å². The zero-order valence-electron chi connectivity index (χ0n) is 9.71. The molecule has 1 rings (SSSR count). The van der Waals surface area contributed by atoms with E-state index in [-0.39, 0.29) is 0 Å². The molecule has 1 aromatic rings. The molecule has 0 heterocycles. The van der Waals surface area contributed by atoms with Gasteiger partial charge in [0.2, 0.25) is 0 Å². The topological polar surface area (TPSA) is 26.0 Å². The Morgan fingerprint density at radius 1 is 1.33 bits per heavy atom. The van der Waals surface area contributed by atoms with Gasteiger partial charge in [-0.05, 0) is 42.9 Å². The lowest BCUT2D eigenvalue weighted by atomic mass is 9.96. The summed E-state index contributed by atoms with van der Waals surface area (Å²) in [5.74, 6) is 0.532. The third-order valence-corrected chi connectivity index (χ3v) is 2.87. The average molecular weight is 221 g/mol. The van der Waals surface area contributed by atoms with Gasteiger partial charge in [-0.15, -0.1) is 0 Å². The molecule has 0 aliphatic heterocycles. The second-order valence-corrected chi connectivity index (χ2v) is 4.92. The number of hydrogen-bond acceptors (Lipinski definition) is 1. The predicted octanol–water partition coefficient (Wildman–Crippen LogP) is 3.16. The first-order chi connectivity index (χ1) is 6.99. The van der Waals surface area contributed by atoms with Gasteiger partial charge in [0.25, 0.3) is 0 Å². The van der Waals surface area contributed by atoms with Gasteiger partial charge in [-0.3, -0.25) is 0 Å². The molecule has 0 amide bonds. The number of hydrogen-bond donors (Lipinski definition) is 1. The first-order valence-corrected chi connectivity index (χ1v) is 5.74. The smallest absolute Gasteiger partial charge is 0.0730 e. The zero-order valence-corrected chi connectivity index (χ0v) is 10.5. The molecule has 1 aromatic carbocycles. The second kappa shape index (κ2) is 5.26. The third-order valence-electron chi connectivity index (χ3n) is 2.71. The predicted molar refractivity (Wildman–Crippen MR) is 70.2 cm³/mol. The van der Waals surface area contributed by atoms with Gasteiger partial charge in [-0.25, -0.2) is 0 Å². The fraction of sp³-hybridized carbons (Fsp3) is 0.462. The van der Waals surface area contributed by atoms with Crippen molar-refractivity contribution in [2.75, 3.05) is 0 Å². The highest BCUT2D eigenvalue weighted by Crippen LogP contribution is 2.15. The number of nitrogens with two attached hydrogens (primary N) is 1. The number of thiocarbonyl (C=S) groups is 1. The third kappa shape index (κ3) is 4.00. The van der Waals surface area contributed by atoms with Gasteiger partial charge in [-0.1, -0.05) is 37.3 Å². The molecule has 0 saturated heterocycles. The van der Waals surface area contributed by atoms with E-state index in [9.17, 15) is 0 Å². The van der Waals surface area contributed by atoms with Gasteiger partial charge in [0.15, 0.2) is 0 Å². The van der Waals surface area contributed by atoms with Crippen molar-refractivity contribution in [1.82, 2.24) is 0 Å². The summed E-state index contributed by atoms with van der Waals surface area (Å²) >= 11 is 4.91. The molecule has 15 heavy (non-hydrogen) atoms. The summed E-state index contributed by atoms with van der Waals surface area (Å²) in [6, 6.07) is 6.63. The van der Waals surface area contributed by atoms with Gasteiger partial charge in [0, 0.05) is 6.42 Å². The molecule has 2 N–H and O–H groups in total. The van der Waals surface area contributed by atoms with Crippen LogP contribution < -0.4 is 5.73 Å². The molecule has 0 aliphatic carbocycles. The van der Waals surface area contributed by atoms with E-state index in [4.69, 9.17) is 18.0 Å². The summed E-state index contributed by atoms with van der Waals surface area (Å²) in [6.07, 6.45) is 1.89. The Balaban J connectivity index is 2.64. The lowest BCUT2D eigenvalue weighted by Crippen LogP contribution is -2.13. The lowest BCUT2D eigenvalue weighted by Gasteiger charge is -2.11. The van der Waals surface area contributed by atoms with Crippen molar-refractivity contribution >= 4 is 17.2 Å². The van der Waals surface area contributed by atoms with E-state index in [1.807, 2.05) is 0 Å². The number of rotatable bonds is 4. The van der Waals surface area contributed by atoms with E-state index in [1.54, 1.807) is 0 Å². The molecule has 1 unspecified atom stereocenters. The highest BCUT2D eigenvalue weighted by molar-refractivity contribution is 7.80. The van der Waals surface area contributed by atoms with Crippen LogP contribution in [0.1, 0.15) is 30.0 Å². The van der Waals surface area contributed by atoms with Crippen molar-refractivity contribution in [2.45, 2.75) is 33.6 Å². The van der Waals surface area contributed by atoms with Crippen LogP contribution in [-0.2, 0) is 6.42 Å². The standard InChI is InChI=1S/C13H19NS/c1-9(7-13(14)15)6-12-5-4-10(2)11(3)8-12/h4-5,8-9H,6-7H2,1-3H3,(H2,14,15). The highest BCUT2D eigenvalue weighted by atomic mass is 32.1. The van der Waals surface area contributed by atoms with Crippen LogP contribution in [0, 0.1) is 19.8 Å². The van der Waals surface area contributed by atoms with Crippen molar-refractivity contribution in [1.29, 1.82) is 0 Å². The minimum absolute atomic E-state index is 0.532. The summed E-state index contributed by atoms with van der Waals surface area (Å²) in [5.41, 5.74) is 9.61. The van der Waals surface area contributed by atoms with Crippen LogP contribution in [-0.4, -0.2) is 4.99 Å². The van der Waals surface area contributed by atoms with Crippen molar-refractivity contribution in [3.05, 3.63) is 34.9 Å². The molecule has 2 heteroatoms. The highest BCUT2D eigenvalue weighted by Gasteiger charge is 2.05. The molecule has 1 nitrogen and oxygen atoms in total. The van der Waals surface area contributed by atoms with E-state index in [0.29, 0.717) is 10.9 Å². The minimum atomic E-state index is 0.532. The molecule has 0 bridgehead atoms. The van der Waals surface area contributed by atoms with Crippen LogP contribution >= 0.6 is 12.2 Å².